The standard InChI is InChI=1S/C21H20N2O2/c24-20(17-10-5-2-6-11-17)22-21-23(14-16-8-3-1-4-9-16)15-18-12-7-13-19(18)25-21/h1-11,13,18-19H,12,14-15H2/t18-,19-/m0/s1. The highest BCUT2D eigenvalue weighted by molar-refractivity contribution is 6.01. The molecule has 0 unspecified atom stereocenters. The number of ether oxygens (including phenoxy) is 1. The number of carbonyl (C=O) groups excluding carboxylic acids is 1. The Morgan fingerprint density at radius 2 is 1.80 bits per heavy atom. The Balaban J connectivity index is 1.60. The number of amidine groups is 1. The first-order valence-corrected chi connectivity index (χ1v) is 8.60. The van der Waals surface area contributed by atoms with E-state index in [9.17, 15) is 4.79 Å². The van der Waals surface area contributed by atoms with Crippen molar-refractivity contribution in [3.8, 4) is 0 Å². The Morgan fingerprint density at radius 1 is 1.08 bits per heavy atom. The molecule has 4 nitrogen and oxygen atoms in total. The molecule has 1 saturated heterocycles. The van der Waals surface area contributed by atoms with Crippen molar-refractivity contribution in [2.75, 3.05) is 6.54 Å². The molecule has 2 aromatic rings. The van der Waals surface area contributed by atoms with Crippen LogP contribution in [-0.4, -0.2) is 29.5 Å². The summed E-state index contributed by atoms with van der Waals surface area (Å²) in [4.78, 5) is 18.9. The molecule has 2 aromatic carbocycles. The maximum atomic E-state index is 12.5. The Labute approximate surface area is 147 Å². The summed E-state index contributed by atoms with van der Waals surface area (Å²) in [5, 5.41) is 0. The largest absolute Gasteiger partial charge is 0.457 e. The zero-order chi connectivity index (χ0) is 17.1. The summed E-state index contributed by atoms with van der Waals surface area (Å²) in [7, 11) is 0. The van der Waals surface area contributed by atoms with Gasteiger partial charge in [-0.25, -0.2) is 0 Å². The van der Waals surface area contributed by atoms with Crippen LogP contribution in [0.15, 0.2) is 77.8 Å². The topological polar surface area (TPSA) is 41.9 Å². The molecule has 0 radical (unpaired) electrons. The van der Waals surface area contributed by atoms with E-state index in [1.165, 1.54) is 5.56 Å². The van der Waals surface area contributed by atoms with E-state index in [1.54, 1.807) is 12.1 Å². The number of benzene rings is 2. The number of amides is 1. The van der Waals surface area contributed by atoms with Crippen molar-refractivity contribution < 1.29 is 9.53 Å². The van der Waals surface area contributed by atoms with E-state index in [4.69, 9.17) is 4.74 Å². The van der Waals surface area contributed by atoms with Crippen LogP contribution >= 0.6 is 0 Å². The van der Waals surface area contributed by atoms with E-state index in [0.29, 0.717) is 24.0 Å². The summed E-state index contributed by atoms with van der Waals surface area (Å²) >= 11 is 0. The third-order valence-corrected chi connectivity index (χ3v) is 4.63. The number of allylic oxidation sites excluding steroid dienone is 1. The molecule has 4 rings (SSSR count). The van der Waals surface area contributed by atoms with Crippen LogP contribution in [0, 0.1) is 5.92 Å². The van der Waals surface area contributed by atoms with Crippen LogP contribution in [0.2, 0.25) is 0 Å². The summed E-state index contributed by atoms with van der Waals surface area (Å²) in [6, 6.07) is 19.7. The highest BCUT2D eigenvalue weighted by atomic mass is 16.5. The first-order chi connectivity index (χ1) is 12.3. The smallest absolute Gasteiger partial charge is 0.296 e. The Hall–Kier alpha value is -2.88. The molecule has 0 N–H and O–H groups in total. The van der Waals surface area contributed by atoms with Gasteiger partial charge in [-0.2, -0.15) is 4.99 Å². The van der Waals surface area contributed by atoms with Crippen molar-refractivity contribution in [1.29, 1.82) is 0 Å². The van der Waals surface area contributed by atoms with Crippen molar-refractivity contribution in [2.24, 2.45) is 10.9 Å². The Kier molecular flexibility index (Phi) is 4.34. The molecule has 1 heterocycles. The van der Waals surface area contributed by atoms with Crippen LogP contribution < -0.4 is 0 Å². The molecule has 0 saturated carbocycles. The molecular weight excluding hydrogens is 312 g/mol. The molecule has 4 heteroatoms. The molecule has 2 atom stereocenters. The minimum atomic E-state index is -0.269. The van der Waals surface area contributed by atoms with Crippen molar-refractivity contribution in [1.82, 2.24) is 4.90 Å². The van der Waals surface area contributed by atoms with Crippen molar-refractivity contribution in [3.63, 3.8) is 0 Å². The van der Waals surface area contributed by atoms with Crippen LogP contribution in [0.1, 0.15) is 22.3 Å². The lowest BCUT2D eigenvalue weighted by Crippen LogP contribution is -2.46. The number of carbonyl (C=O) groups is 1. The van der Waals surface area contributed by atoms with E-state index in [1.807, 2.05) is 36.4 Å². The highest BCUT2D eigenvalue weighted by Crippen LogP contribution is 2.29. The molecule has 1 aliphatic heterocycles. The second-order valence-corrected chi connectivity index (χ2v) is 6.44. The van der Waals surface area contributed by atoms with Crippen LogP contribution in [0.25, 0.3) is 0 Å². The van der Waals surface area contributed by atoms with Crippen LogP contribution in [-0.2, 0) is 11.3 Å². The fourth-order valence-corrected chi connectivity index (χ4v) is 3.32. The molecule has 2 aliphatic rings. The quantitative estimate of drug-likeness (QED) is 0.806. The second kappa shape index (κ2) is 6.93. The van der Waals surface area contributed by atoms with Gasteiger partial charge in [0.1, 0.15) is 6.10 Å². The van der Waals surface area contributed by atoms with Crippen LogP contribution in [0.4, 0.5) is 0 Å². The molecule has 1 amide bonds. The van der Waals surface area contributed by atoms with Crippen LogP contribution in [0.3, 0.4) is 0 Å². The van der Waals surface area contributed by atoms with Gasteiger partial charge in [0, 0.05) is 24.6 Å². The summed E-state index contributed by atoms with van der Waals surface area (Å²) < 4.78 is 6.06. The van der Waals surface area contributed by atoms with Crippen molar-refractivity contribution in [2.45, 2.75) is 19.1 Å². The first kappa shape index (κ1) is 15.6. The van der Waals surface area contributed by atoms with Gasteiger partial charge >= 0.3 is 0 Å². The average molecular weight is 332 g/mol. The maximum Gasteiger partial charge on any atom is 0.296 e. The molecule has 1 fully saturated rings. The molecule has 0 bridgehead atoms. The highest BCUT2D eigenvalue weighted by Gasteiger charge is 2.35. The summed E-state index contributed by atoms with van der Waals surface area (Å²) in [5.74, 6) is 0.156. The van der Waals surface area contributed by atoms with E-state index in [2.05, 4.69) is 34.2 Å². The van der Waals surface area contributed by atoms with E-state index >= 15 is 0 Å². The van der Waals surface area contributed by atoms with Gasteiger partial charge in [-0.15, -0.1) is 0 Å². The molecule has 1 aliphatic carbocycles. The first-order valence-electron chi connectivity index (χ1n) is 8.60. The Bertz CT molecular complexity index is 799. The fraction of sp³-hybridized carbons (Fsp3) is 0.238. The summed E-state index contributed by atoms with van der Waals surface area (Å²) in [5.41, 5.74) is 1.75. The minimum Gasteiger partial charge on any atom is -0.457 e. The van der Waals surface area contributed by atoms with E-state index in [-0.39, 0.29) is 12.0 Å². The molecular formula is C21H20N2O2. The average Bonchev–Trinajstić information content (AvgIpc) is 3.10. The van der Waals surface area contributed by atoms with Gasteiger partial charge in [-0.1, -0.05) is 54.6 Å². The number of aliphatic imine (C=N–C) groups is 1. The van der Waals surface area contributed by atoms with Gasteiger partial charge in [0.15, 0.2) is 0 Å². The summed E-state index contributed by atoms with van der Waals surface area (Å²) in [6.45, 7) is 1.53. The third kappa shape index (κ3) is 3.48. The van der Waals surface area contributed by atoms with Gasteiger partial charge < -0.3 is 9.64 Å². The van der Waals surface area contributed by atoms with Crippen molar-refractivity contribution >= 4 is 11.9 Å². The normalized spacial score (nSPS) is 23.4. The number of hydrogen-bond acceptors (Lipinski definition) is 2. The van der Waals surface area contributed by atoms with E-state index < -0.39 is 0 Å². The van der Waals surface area contributed by atoms with Crippen molar-refractivity contribution in [3.05, 3.63) is 83.9 Å². The SMILES string of the molecule is O=C(N=C1O[C@H]2C=CC[C@H]2CN1Cc1ccccc1)c1ccccc1. The van der Waals surface area contributed by atoms with Gasteiger partial charge in [-0.3, -0.25) is 4.79 Å². The van der Waals surface area contributed by atoms with Gasteiger partial charge in [0.25, 0.3) is 11.9 Å². The van der Waals surface area contributed by atoms with Crippen LogP contribution in [0.5, 0.6) is 0 Å². The maximum absolute atomic E-state index is 12.5. The number of hydrogen-bond donors (Lipinski definition) is 0. The lowest BCUT2D eigenvalue weighted by molar-refractivity contribution is 0.0732. The predicted octanol–water partition coefficient (Wildman–Crippen LogP) is 3.66. The number of fused-ring (bicyclic) bond motifs is 1. The fourth-order valence-electron chi connectivity index (χ4n) is 3.32. The third-order valence-electron chi connectivity index (χ3n) is 4.63. The molecule has 126 valence electrons. The summed E-state index contributed by atoms with van der Waals surface area (Å²) in [6.07, 6.45) is 5.26. The van der Waals surface area contributed by atoms with E-state index in [0.717, 1.165) is 13.0 Å². The lowest BCUT2D eigenvalue weighted by atomic mass is 10.0. The number of nitrogens with zero attached hydrogens (tertiary/aromatic N) is 2. The van der Waals surface area contributed by atoms with Gasteiger partial charge in [0.2, 0.25) is 0 Å². The Morgan fingerprint density at radius 3 is 2.56 bits per heavy atom. The molecule has 25 heavy (non-hydrogen) atoms. The van der Waals surface area contributed by atoms with Gasteiger partial charge in [0.05, 0.1) is 0 Å². The monoisotopic (exact) mass is 332 g/mol. The zero-order valence-corrected chi connectivity index (χ0v) is 13.9. The molecule has 0 aromatic heterocycles. The minimum absolute atomic E-state index is 0.0225. The number of rotatable bonds is 3. The predicted molar refractivity (Wildman–Crippen MR) is 97.2 cm³/mol. The van der Waals surface area contributed by atoms with Gasteiger partial charge in [-0.05, 0) is 30.2 Å². The second-order valence-electron chi connectivity index (χ2n) is 6.44. The molecule has 0 spiro atoms. The zero-order valence-electron chi connectivity index (χ0n) is 13.9. The lowest BCUT2D eigenvalue weighted by Gasteiger charge is -2.37.